The summed E-state index contributed by atoms with van der Waals surface area (Å²) >= 11 is 0. The molecule has 10 atom stereocenters. The summed E-state index contributed by atoms with van der Waals surface area (Å²) in [6.07, 6.45) is 9.71. The van der Waals surface area contributed by atoms with Gasteiger partial charge in [-0.15, -0.1) is 0 Å². The molecule has 0 unspecified atom stereocenters. The van der Waals surface area contributed by atoms with Crippen LogP contribution in [0.4, 0.5) is 0 Å². The summed E-state index contributed by atoms with van der Waals surface area (Å²) in [6.45, 7) is 8.93. The van der Waals surface area contributed by atoms with Crippen LogP contribution in [0.5, 0.6) is 0 Å². The van der Waals surface area contributed by atoms with E-state index in [0.29, 0.717) is 41.9 Å². The Labute approximate surface area is 325 Å². The van der Waals surface area contributed by atoms with Crippen LogP contribution in [-0.2, 0) is 19.1 Å². The minimum Gasteiger partial charge on any atom is -0.469 e. The predicted octanol–water partition coefficient (Wildman–Crippen LogP) is 12.2. The Morgan fingerprint density at radius 1 is 0.800 bits per heavy atom. The second kappa shape index (κ2) is 14.3. The molecule has 4 aromatic carbocycles. The largest absolute Gasteiger partial charge is 0.469 e. The second-order valence-corrected chi connectivity index (χ2v) is 18.9. The van der Waals surface area contributed by atoms with Crippen molar-refractivity contribution in [2.45, 2.75) is 104 Å². The number of benzene rings is 4. The van der Waals surface area contributed by atoms with Crippen molar-refractivity contribution in [1.82, 2.24) is 0 Å². The highest BCUT2D eigenvalue weighted by atomic mass is 31.1. The molecular formula is C47H55O7P. The third-order valence-corrected chi connectivity index (χ3v) is 16.5. The summed E-state index contributed by atoms with van der Waals surface area (Å²) in [5.41, 5.74) is 1.65. The number of hydrogen-bond acceptors (Lipinski definition) is 7. The second-order valence-electron chi connectivity index (χ2n) is 17.9. The molecule has 4 fully saturated rings. The van der Waals surface area contributed by atoms with E-state index < -0.39 is 8.24 Å². The number of hydrogen-bond donors (Lipinski definition) is 0. The molecule has 0 radical (unpaired) electrons. The van der Waals surface area contributed by atoms with Gasteiger partial charge in [-0.05, 0) is 122 Å². The van der Waals surface area contributed by atoms with E-state index in [1.54, 1.807) is 6.92 Å². The molecular weight excluding hydrogens is 707 g/mol. The van der Waals surface area contributed by atoms with Gasteiger partial charge in [0.05, 0.1) is 13.2 Å². The third-order valence-electron chi connectivity index (χ3n) is 15.4. The van der Waals surface area contributed by atoms with E-state index in [4.69, 9.17) is 22.4 Å². The van der Waals surface area contributed by atoms with Crippen molar-refractivity contribution in [1.29, 1.82) is 0 Å². The van der Waals surface area contributed by atoms with E-state index in [1.165, 1.54) is 26.4 Å². The molecule has 0 aliphatic heterocycles. The van der Waals surface area contributed by atoms with E-state index in [-0.39, 0.29) is 35.0 Å². The van der Waals surface area contributed by atoms with Crippen LogP contribution in [0.15, 0.2) is 81.2 Å². The monoisotopic (exact) mass is 762 g/mol. The minimum absolute atomic E-state index is 0.0144. The fourth-order valence-electron chi connectivity index (χ4n) is 12.7. The number of fused-ring (bicyclic) bond motifs is 12. The van der Waals surface area contributed by atoms with Crippen LogP contribution in [0.1, 0.15) is 91.9 Å². The molecule has 5 aromatic rings. The molecule has 0 bridgehead atoms. The molecule has 1 heterocycles. The Bertz CT molecular complexity index is 2220. The van der Waals surface area contributed by atoms with E-state index in [9.17, 15) is 9.59 Å². The molecule has 8 heteroatoms. The first-order chi connectivity index (χ1) is 26.6. The van der Waals surface area contributed by atoms with Crippen molar-refractivity contribution in [2.24, 2.45) is 46.3 Å². The lowest BCUT2D eigenvalue weighted by atomic mass is 9.43. The Morgan fingerprint density at radius 2 is 1.45 bits per heavy atom. The molecule has 4 aliphatic carbocycles. The maximum atomic E-state index is 12.4. The number of methoxy groups -OCH3 is 1. The van der Waals surface area contributed by atoms with Gasteiger partial charge in [-0.1, -0.05) is 81.4 Å². The maximum absolute atomic E-state index is 12.4. The van der Waals surface area contributed by atoms with Crippen molar-refractivity contribution in [3.63, 3.8) is 0 Å². The first-order valence-electron chi connectivity index (χ1n) is 20.7. The van der Waals surface area contributed by atoms with Gasteiger partial charge < -0.3 is 17.9 Å². The third kappa shape index (κ3) is 6.20. The van der Waals surface area contributed by atoms with Crippen LogP contribution in [0.25, 0.3) is 43.5 Å². The number of ether oxygens (including phenoxy) is 2. The van der Waals surface area contributed by atoms with E-state index in [2.05, 4.69) is 93.6 Å². The molecule has 1 aromatic heterocycles. The van der Waals surface area contributed by atoms with Gasteiger partial charge in [0.2, 0.25) is 0 Å². The van der Waals surface area contributed by atoms with E-state index in [0.717, 1.165) is 82.0 Å². The highest BCUT2D eigenvalue weighted by Crippen LogP contribution is 2.69. The highest BCUT2D eigenvalue weighted by molar-refractivity contribution is 7.31. The van der Waals surface area contributed by atoms with Crippen molar-refractivity contribution in [2.75, 3.05) is 7.11 Å². The summed E-state index contributed by atoms with van der Waals surface area (Å²) in [6, 6.07) is 25.5. The van der Waals surface area contributed by atoms with Gasteiger partial charge in [-0.3, -0.25) is 14.1 Å². The lowest BCUT2D eigenvalue weighted by Crippen LogP contribution is -2.60. The summed E-state index contributed by atoms with van der Waals surface area (Å²) in [5, 5.41) is 6.38. The molecule has 0 saturated heterocycles. The summed E-state index contributed by atoms with van der Waals surface area (Å²) in [7, 11) is -0.379. The van der Waals surface area contributed by atoms with E-state index >= 15 is 0 Å². The van der Waals surface area contributed by atoms with Crippen LogP contribution in [-0.4, -0.2) is 31.3 Å². The van der Waals surface area contributed by atoms with Gasteiger partial charge >= 0.3 is 20.2 Å². The highest BCUT2D eigenvalue weighted by Gasteiger charge is 2.65. The summed E-state index contributed by atoms with van der Waals surface area (Å²) in [5.74, 6) is 2.51. The normalized spacial score (nSPS) is 32.1. The number of carbonyl (C=O) groups is 2. The van der Waals surface area contributed by atoms with Crippen LogP contribution in [0, 0.1) is 46.3 Å². The lowest BCUT2D eigenvalue weighted by molar-refractivity contribution is -0.172. The fourth-order valence-corrected chi connectivity index (χ4v) is 14.0. The van der Waals surface area contributed by atoms with Crippen LogP contribution >= 0.6 is 8.24 Å². The van der Waals surface area contributed by atoms with Crippen LogP contribution < -0.4 is 4.52 Å². The SMILES string of the molecule is COC(=O)CC[C@@H](C)[C@H]1CC[C@H]2[C@@H]3CC[C@@H]4C[C@H](OC(C)=O)CC[C@]4(C)[C@H]3C[C@H](Op3oc4c5ccccc5ccc4c4ccc5ccccc5c4o3)[C@]12C. The molecule has 7 nitrogen and oxygen atoms in total. The van der Waals surface area contributed by atoms with Gasteiger partial charge in [-0.2, -0.15) is 0 Å². The van der Waals surface area contributed by atoms with Crippen LogP contribution in [0.2, 0.25) is 0 Å². The molecule has 0 spiro atoms. The van der Waals surface area contributed by atoms with Gasteiger partial charge in [-0.25, -0.2) is 0 Å². The Kier molecular flexibility index (Phi) is 9.57. The lowest BCUT2D eigenvalue weighted by Gasteiger charge is -2.62. The molecule has 290 valence electrons. The molecule has 0 amide bonds. The van der Waals surface area contributed by atoms with E-state index in [1.807, 2.05) is 0 Å². The Balaban J connectivity index is 1.19. The number of esters is 2. The fraction of sp³-hybridized carbons (Fsp3) is 0.532. The molecule has 9 rings (SSSR count). The average Bonchev–Trinajstić information content (AvgIpc) is 3.46. The smallest absolute Gasteiger partial charge is 0.387 e. The van der Waals surface area contributed by atoms with Crippen molar-refractivity contribution in [3.8, 4) is 0 Å². The molecule has 55 heavy (non-hydrogen) atoms. The van der Waals surface area contributed by atoms with Crippen molar-refractivity contribution in [3.05, 3.63) is 72.8 Å². The average molecular weight is 763 g/mol. The minimum atomic E-state index is -1.86. The Morgan fingerprint density at radius 3 is 2.09 bits per heavy atom. The zero-order chi connectivity index (χ0) is 38.1. The van der Waals surface area contributed by atoms with Gasteiger partial charge in [0.25, 0.3) is 0 Å². The molecule has 0 N–H and O–H groups in total. The molecule has 4 aliphatic rings. The molecule has 4 saturated carbocycles. The van der Waals surface area contributed by atoms with Gasteiger partial charge in [0, 0.05) is 40.3 Å². The summed E-state index contributed by atoms with van der Waals surface area (Å²) < 4.78 is 32.7. The standard InChI is InChI=1S/C47H55O7P/c1-28(14-23-43(49)50-5)39-21-22-40-38-20-17-32-26-33(51-29(2)48)24-25-46(32,3)41(38)27-42(47(39,40)4)52-55-53-44-34-12-8-6-10-30(34)15-18-36(44)37-19-16-31-11-7-9-13-35(31)45(37)54-55/h6-13,15-16,18-19,28,32-33,38-42H,14,17,20-27H2,1-5H3/t28-,32-,33-,38+,39-,40+,41+,42+,46+,47-/m1/s1. The zero-order valence-corrected chi connectivity index (χ0v) is 33.8. The van der Waals surface area contributed by atoms with Crippen molar-refractivity contribution < 1.29 is 32.0 Å². The van der Waals surface area contributed by atoms with Gasteiger partial charge in [0.1, 0.15) is 6.10 Å². The quantitative estimate of drug-likeness (QED) is 0.153. The van der Waals surface area contributed by atoms with Gasteiger partial charge in [0.15, 0.2) is 11.2 Å². The van der Waals surface area contributed by atoms with Crippen LogP contribution in [0.3, 0.4) is 0 Å². The van der Waals surface area contributed by atoms with Crippen molar-refractivity contribution >= 4 is 63.7 Å². The topological polar surface area (TPSA) is 88.1 Å². The first kappa shape index (κ1) is 36.8. The summed E-state index contributed by atoms with van der Waals surface area (Å²) in [4.78, 5) is 24.4. The maximum Gasteiger partial charge on any atom is 0.387 e. The number of rotatable bonds is 7. The first-order valence-corrected chi connectivity index (χ1v) is 21.8. The zero-order valence-electron chi connectivity index (χ0n) is 32.9. The number of carbonyl (C=O) groups excluding carboxylic acids is 2. The Hall–Kier alpha value is -3.80. The predicted molar refractivity (Wildman–Crippen MR) is 218 cm³/mol.